The lowest BCUT2D eigenvalue weighted by molar-refractivity contribution is 0.583. The predicted molar refractivity (Wildman–Crippen MR) is 42.9 cm³/mol. The quantitative estimate of drug-likeness (QED) is 0.553. The van der Waals surface area contributed by atoms with Gasteiger partial charge in [0.05, 0.1) is 0 Å². The molecule has 0 aliphatic rings. The zero-order valence-electron chi connectivity index (χ0n) is 6.70. The topological polar surface area (TPSA) is 93.6 Å². The summed E-state index contributed by atoms with van der Waals surface area (Å²) in [5.74, 6) is 1.19. The molecule has 11 heavy (non-hydrogen) atoms. The molecule has 5 N–H and O–H groups in total. The fourth-order valence-corrected chi connectivity index (χ4v) is 0.741. The Kier molecular flexibility index (Phi) is 2.09. The van der Waals surface area contributed by atoms with Crippen molar-refractivity contribution in [3.05, 3.63) is 5.82 Å². The van der Waals surface area contributed by atoms with Crippen LogP contribution in [-0.4, -0.2) is 21.2 Å². The molecule has 0 fully saturated rings. The second-order valence-electron chi connectivity index (χ2n) is 2.73. The molecule has 2 atom stereocenters. The summed E-state index contributed by atoms with van der Waals surface area (Å²) in [6.07, 6.45) is 0. The number of nitrogens with two attached hydrogens (primary N) is 2. The average Bonchev–Trinajstić information content (AvgIpc) is 2.34. The van der Waals surface area contributed by atoms with Crippen LogP contribution in [0.25, 0.3) is 0 Å². The lowest BCUT2D eigenvalue weighted by atomic mass is 10.0. The summed E-state index contributed by atoms with van der Waals surface area (Å²) >= 11 is 0. The van der Waals surface area contributed by atoms with E-state index in [0.29, 0.717) is 0 Å². The predicted octanol–water partition coefficient (Wildman–Crippen LogP) is -0.162. The minimum absolute atomic E-state index is 0.0577. The number of nitrogen functional groups attached to an aromatic ring is 1. The molecule has 0 saturated carbocycles. The summed E-state index contributed by atoms with van der Waals surface area (Å²) in [5.41, 5.74) is 11.0. The largest absolute Gasteiger partial charge is 0.367 e. The van der Waals surface area contributed by atoms with Gasteiger partial charge in [0.15, 0.2) is 0 Å². The number of rotatable bonds is 2. The average molecular weight is 155 g/mol. The first kappa shape index (κ1) is 8.00. The fourth-order valence-electron chi connectivity index (χ4n) is 0.741. The number of hydrogen-bond donors (Lipinski definition) is 3. The van der Waals surface area contributed by atoms with Crippen LogP contribution >= 0.6 is 0 Å². The van der Waals surface area contributed by atoms with Gasteiger partial charge >= 0.3 is 0 Å². The van der Waals surface area contributed by atoms with Gasteiger partial charge in [0.25, 0.3) is 0 Å². The highest BCUT2D eigenvalue weighted by Crippen LogP contribution is 2.12. The van der Waals surface area contributed by atoms with Gasteiger partial charge < -0.3 is 11.5 Å². The second kappa shape index (κ2) is 2.87. The summed E-state index contributed by atoms with van der Waals surface area (Å²) in [5, 5.41) is 6.43. The third kappa shape index (κ3) is 1.68. The minimum atomic E-state index is 0.0577. The summed E-state index contributed by atoms with van der Waals surface area (Å²) in [7, 11) is 0. The summed E-state index contributed by atoms with van der Waals surface area (Å²) in [6, 6.07) is 0.0577. The van der Waals surface area contributed by atoms with Gasteiger partial charge in [-0.15, -0.1) is 5.10 Å². The Hall–Kier alpha value is -1.10. The number of aromatic nitrogens is 3. The Morgan fingerprint density at radius 2 is 2.09 bits per heavy atom. The van der Waals surface area contributed by atoms with Gasteiger partial charge in [0.2, 0.25) is 5.95 Å². The van der Waals surface area contributed by atoms with E-state index in [1.54, 1.807) is 0 Å². The molecule has 0 aliphatic heterocycles. The van der Waals surface area contributed by atoms with E-state index in [9.17, 15) is 0 Å². The molecule has 5 heteroatoms. The molecular formula is C6H13N5. The smallest absolute Gasteiger partial charge is 0.239 e. The fraction of sp³-hybridized carbons (Fsp3) is 0.667. The number of H-pyrrole nitrogens is 1. The Labute approximate surface area is 65.2 Å². The van der Waals surface area contributed by atoms with Crippen molar-refractivity contribution in [1.29, 1.82) is 0 Å². The van der Waals surface area contributed by atoms with Crippen LogP contribution in [0.5, 0.6) is 0 Å². The van der Waals surface area contributed by atoms with Gasteiger partial charge in [-0.25, -0.2) is 0 Å². The van der Waals surface area contributed by atoms with Gasteiger partial charge in [0, 0.05) is 12.0 Å². The van der Waals surface area contributed by atoms with E-state index in [0.717, 1.165) is 5.82 Å². The van der Waals surface area contributed by atoms with E-state index < -0.39 is 0 Å². The van der Waals surface area contributed by atoms with Crippen molar-refractivity contribution in [2.75, 3.05) is 5.73 Å². The molecule has 0 bridgehead atoms. The van der Waals surface area contributed by atoms with Crippen molar-refractivity contribution in [3.8, 4) is 0 Å². The molecular weight excluding hydrogens is 142 g/mol. The number of hydrogen-bond acceptors (Lipinski definition) is 4. The molecule has 0 saturated heterocycles. The van der Waals surface area contributed by atoms with E-state index in [2.05, 4.69) is 15.2 Å². The Morgan fingerprint density at radius 1 is 1.45 bits per heavy atom. The standard InChI is InChI=1S/C6H13N5/c1-3(4(2)7)5-9-6(8)11-10-5/h3-4H,7H2,1-2H3,(H3,8,9,10,11). The molecule has 0 radical (unpaired) electrons. The molecule has 1 heterocycles. The molecule has 1 aromatic rings. The first-order valence-electron chi connectivity index (χ1n) is 3.54. The first-order chi connectivity index (χ1) is 5.11. The number of aromatic amines is 1. The number of nitrogens with zero attached hydrogens (tertiary/aromatic N) is 2. The highest BCUT2D eigenvalue weighted by molar-refractivity contribution is 5.14. The van der Waals surface area contributed by atoms with Crippen molar-refractivity contribution < 1.29 is 0 Å². The van der Waals surface area contributed by atoms with Crippen LogP contribution in [0, 0.1) is 0 Å². The first-order valence-corrected chi connectivity index (χ1v) is 3.54. The van der Waals surface area contributed by atoms with E-state index in [1.807, 2.05) is 13.8 Å². The Morgan fingerprint density at radius 3 is 2.45 bits per heavy atom. The second-order valence-corrected chi connectivity index (χ2v) is 2.73. The molecule has 62 valence electrons. The van der Waals surface area contributed by atoms with Gasteiger partial charge in [-0.1, -0.05) is 6.92 Å². The van der Waals surface area contributed by atoms with Crippen LogP contribution in [0.15, 0.2) is 0 Å². The number of nitrogens with one attached hydrogen (secondary N) is 1. The molecule has 1 rings (SSSR count). The third-order valence-electron chi connectivity index (χ3n) is 1.74. The van der Waals surface area contributed by atoms with E-state index >= 15 is 0 Å². The molecule has 0 aliphatic carbocycles. The molecule has 5 nitrogen and oxygen atoms in total. The lowest BCUT2D eigenvalue weighted by Gasteiger charge is -2.10. The number of anilines is 1. The lowest BCUT2D eigenvalue weighted by Crippen LogP contribution is -2.23. The Bertz CT molecular complexity index is 229. The summed E-state index contributed by atoms with van der Waals surface area (Å²) < 4.78 is 0. The molecule has 1 aromatic heterocycles. The van der Waals surface area contributed by atoms with Crippen molar-refractivity contribution >= 4 is 5.95 Å². The van der Waals surface area contributed by atoms with Gasteiger partial charge in [-0.3, -0.25) is 5.10 Å². The van der Waals surface area contributed by atoms with Crippen LogP contribution < -0.4 is 11.5 Å². The maximum atomic E-state index is 5.65. The monoisotopic (exact) mass is 155 g/mol. The maximum absolute atomic E-state index is 5.65. The van der Waals surface area contributed by atoms with Gasteiger partial charge in [0.1, 0.15) is 5.82 Å². The van der Waals surface area contributed by atoms with Crippen LogP contribution in [0.4, 0.5) is 5.95 Å². The summed E-state index contributed by atoms with van der Waals surface area (Å²) in [6.45, 7) is 3.90. The third-order valence-corrected chi connectivity index (χ3v) is 1.74. The minimum Gasteiger partial charge on any atom is -0.367 e. The molecule has 0 amide bonds. The van der Waals surface area contributed by atoms with E-state index in [4.69, 9.17) is 11.5 Å². The van der Waals surface area contributed by atoms with Gasteiger partial charge in [-0.05, 0) is 6.92 Å². The molecule has 0 spiro atoms. The zero-order valence-corrected chi connectivity index (χ0v) is 6.70. The van der Waals surface area contributed by atoms with Crippen molar-refractivity contribution in [2.45, 2.75) is 25.8 Å². The van der Waals surface area contributed by atoms with Crippen LogP contribution in [0.1, 0.15) is 25.6 Å². The molecule has 0 aromatic carbocycles. The van der Waals surface area contributed by atoms with Crippen molar-refractivity contribution in [3.63, 3.8) is 0 Å². The normalized spacial score (nSPS) is 16.3. The SMILES string of the molecule is CC(N)C(C)c1nc(N)n[nH]1. The van der Waals surface area contributed by atoms with E-state index in [-0.39, 0.29) is 17.9 Å². The van der Waals surface area contributed by atoms with Crippen molar-refractivity contribution in [2.24, 2.45) is 5.73 Å². The highest BCUT2D eigenvalue weighted by atomic mass is 15.3. The van der Waals surface area contributed by atoms with Crippen LogP contribution in [0.3, 0.4) is 0 Å². The maximum Gasteiger partial charge on any atom is 0.239 e. The Balaban J connectivity index is 2.76. The zero-order chi connectivity index (χ0) is 8.43. The van der Waals surface area contributed by atoms with Crippen LogP contribution in [-0.2, 0) is 0 Å². The highest BCUT2D eigenvalue weighted by Gasteiger charge is 2.13. The van der Waals surface area contributed by atoms with Crippen LogP contribution in [0.2, 0.25) is 0 Å². The van der Waals surface area contributed by atoms with Gasteiger partial charge in [-0.2, -0.15) is 4.98 Å². The van der Waals surface area contributed by atoms with Crippen molar-refractivity contribution in [1.82, 2.24) is 15.2 Å². The summed E-state index contributed by atoms with van der Waals surface area (Å²) in [4.78, 5) is 3.96. The van der Waals surface area contributed by atoms with E-state index in [1.165, 1.54) is 0 Å². The molecule has 2 unspecified atom stereocenters.